The fraction of sp³-hybridized carbons (Fsp3) is 0.143. The molecule has 0 radical (unpaired) electrons. The standard InChI is InChI=1S/C21H22N4O6S2/c1-3-15-12-16(6-10-19(15)22)23-20-11-9-18(13-21(20)25(26)27)33(30,31)24-32(28,29)17-7-4-14(2)5-8-17/h4-13,23-24H,3,22H2,1-2H3. The lowest BCUT2D eigenvalue weighted by molar-refractivity contribution is -0.384. The maximum absolute atomic E-state index is 12.7. The molecule has 0 atom stereocenters. The van der Waals surface area contributed by atoms with Crippen molar-refractivity contribution in [3.8, 4) is 0 Å². The Morgan fingerprint density at radius 1 is 0.909 bits per heavy atom. The predicted molar refractivity (Wildman–Crippen MR) is 125 cm³/mol. The van der Waals surface area contributed by atoms with E-state index in [1.54, 1.807) is 29.3 Å². The predicted octanol–water partition coefficient (Wildman–Crippen LogP) is 3.46. The van der Waals surface area contributed by atoms with Gasteiger partial charge in [-0.25, -0.2) is 16.8 Å². The lowest BCUT2D eigenvalue weighted by Crippen LogP contribution is -2.30. The Labute approximate surface area is 191 Å². The van der Waals surface area contributed by atoms with Gasteiger partial charge in [-0.05, 0) is 61.4 Å². The average molecular weight is 491 g/mol. The SMILES string of the molecule is CCc1cc(Nc2ccc(S(=O)(=O)NS(=O)(=O)c3ccc(C)cc3)cc2[N+](=O)[O-])ccc1N. The topological polar surface area (TPSA) is 162 Å². The summed E-state index contributed by atoms with van der Waals surface area (Å²) in [5.41, 5.74) is 8.12. The summed E-state index contributed by atoms with van der Waals surface area (Å²) in [6.45, 7) is 3.66. The molecule has 0 heterocycles. The van der Waals surface area contributed by atoms with E-state index in [1.807, 2.05) is 6.92 Å². The number of nitro benzene ring substituents is 1. The maximum Gasteiger partial charge on any atom is 0.294 e. The van der Waals surface area contributed by atoms with Crippen LogP contribution in [0.2, 0.25) is 0 Å². The lowest BCUT2D eigenvalue weighted by atomic mass is 10.1. The van der Waals surface area contributed by atoms with E-state index in [0.717, 1.165) is 23.3 Å². The Bertz CT molecular complexity index is 1420. The molecule has 33 heavy (non-hydrogen) atoms. The Hall–Kier alpha value is -3.48. The number of nitrogens with two attached hydrogens (primary N) is 1. The number of sulfonamides is 2. The molecule has 0 amide bonds. The quantitative estimate of drug-likeness (QED) is 0.246. The van der Waals surface area contributed by atoms with Crippen LogP contribution in [0.5, 0.6) is 0 Å². The van der Waals surface area contributed by atoms with E-state index in [0.29, 0.717) is 17.8 Å². The van der Waals surface area contributed by atoms with Gasteiger partial charge in [0.05, 0.1) is 14.7 Å². The van der Waals surface area contributed by atoms with Crippen LogP contribution in [0.4, 0.5) is 22.7 Å². The number of benzene rings is 3. The molecular formula is C21H22N4O6S2. The number of nitrogen functional groups attached to an aromatic ring is 1. The maximum atomic E-state index is 12.7. The molecule has 0 saturated heterocycles. The monoisotopic (exact) mass is 490 g/mol. The van der Waals surface area contributed by atoms with Crippen LogP contribution in [0.15, 0.2) is 70.5 Å². The molecule has 0 aromatic heterocycles. The zero-order chi connectivity index (χ0) is 24.4. The summed E-state index contributed by atoms with van der Waals surface area (Å²) < 4.78 is 52.0. The number of hydrogen-bond acceptors (Lipinski definition) is 8. The smallest absolute Gasteiger partial charge is 0.294 e. The van der Waals surface area contributed by atoms with E-state index >= 15 is 0 Å². The minimum atomic E-state index is -4.62. The summed E-state index contributed by atoms with van der Waals surface area (Å²) >= 11 is 0. The fourth-order valence-corrected chi connectivity index (χ4v) is 5.97. The van der Waals surface area contributed by atoms with Gasteiger partial charge >= 0.3 is 0 Å². The zero-order valence-corrected chi connectivity index (χ0v) is 19.4. The van der Waals surface area contributed by atoms with Crippen LogP contribution < -0.4 is 15.2 Å². The van der Waals surface area contributed by atoms with Crippen LogP contribution in [0.1, 0.15) is 18.1 Å². The zero-order valence-electron chi connectivity index (χ0n) is 17.8. The molecule has 0 spiro atoms. The Kier molecular flexibility index (Phi) is 6.72. The third-order valence-electron chi connectivity index (χ3n) is 4.83. The van der Waals surface area contributed by atoms with Crippen LogP contribution in [0.25, 0.3) is 0 Å². The first-order valence-electron chi connectivity index (χ1n) is 9.72. The summed E-state index contributed by atoms with van der Waals surface area (Å²) in [6.07, 6.45) is 0.655. The number of nitro groups is 1. The first-order chi connectivity index (χ1) is 15.4. The molecule has 0 saturated carbocycles. The van der Waals surface area contributed by atoms with Crippen molar-refractivity contribution in [1.29, 1.82) is 0 Å². The van der Waals surface area contributed by atoms with Gasteiger partial charge in [0.25, 0.3) is 25.7 Å². The first kappa shape index (κ1) is 24.2. The second kappa shape index (κ2) is 9.17. The van der Waals surface area contributed by atoms with E-state index in [1.165, 1.54) is 30.3 Å². The summed E-state index contributed by atoms with van der Waals surface area (Å²) in [7, 11) is -9.05. The molecule has 0 aliphatic heterocycles. The summed E-state index contributed by atoms with van der Waals surface area (Å²) in [5, 5.41) is 14.5. The highest BCUT2D eigenvalue weighted by Crippen LogP contribution is 2.31. The molecule has 174 valence electrons. The van der Waals surface area contributed by atoms with E-state index in [9.17, 15) is 26.9 Å². The van der Waals surface area contributed by atoms with Crippen molar-refractivity contribution in [1.82, 2.24) is 4.13 Å². The van der Waals surface area contributed by atoms with E-state index in [2.05, 4.69) is 5.32 Å². The minimum Gasteiger partial charge on any atom is -0.399 e. The van der Waals surface area contributed by atoms with Crippen LogP contribution in [-0.4, -0.2) is 21.8 Å². The molecule has 0 bridgehead atoms. The van der Waals surface area contributed by atoms with Gasteiger partial charge in [0.15, 0.2) is 0 Å². The van der Waals surface area contributed by atoms with Crippen LogP contribution >= 0.6 is 0 Å². The van der Waals surface area contributed by atoms with Crippen molar-refractivity contribution in [3.05, 3.63) is 81.9 Å². The molecule has 0 unspecified atom stereocenters. The highest BCUT2D eigenvalue weighted by molar-refractivity contribution is 8.04. The largest absolute Gasteiger partial charge is 0.399 e. The number of anilines is 3. The third kappa shape index (κ3) is 5.48. The molecule has 0 aliphatic rings. The highest BCUT2D eigenvalue weighted by atomic mass is 32.3. The van der Waals surface area contributed by atoms with Gasteiger partial charge in [0.1, 0.15) is 5.69 Å². The molecule has 10 nitrogen and oxygen atoms in total. The van der Waals surface area contributed by atoms with Crippen molar-refractivity contribution in [2.24, 2.45) is 0 Å². The molecule has 3 aromatic rings. The molecule has 0 fully saturated rings. The third-order valence-corrected chi connectivity index (χ3v) is 8.35. The molecule has 3 aromatic carbocycles. The first-order valence-corrected chi connectivity index (χ1v) is 12.7. The molecular weight excluding hydrogens is 468 g/mol. The van der Waals surface area contributed by atoms with Crippen molar-refractivity contribution < 1.29 is 21.8 Å². The number of aryl methyl sites for hydroxylation is 2. The minimum absolute atomic E-state index is 0.0344. The van der Waals surface area contributed by atoms with E-state index < -0.39 is 35.6 Å². The molecule has 4 N–H and O–H groups in total. The van der Waals surface area contributed by atoms with Crippen molar-refractivity contribution in [3.63, 3.8) is 0 Å². The number of rotatable bonds is 8. The summed E-state index contributed by atoms with van der Waals surface area (Å²) in [5.74, 6) is 0. The second-order valence-corrected chi connectivity index (χ2v) is 10.9. The normalized spacial score (nSPS) is 11.8. The van der Waals surface area contributed by atoms with Gasteiger partial charge < -0.3 is 11.1 Å². The average Bonchev–Trinajstić information content (AvgIpc) is 2.74. The highest BCUT2D eigenvalue weighted by Gasteiger charge is 2.27. The lowest BCUT2D eigenvalue weighted by Gasteiger charge is -2.12. The second-order valence-electron chi connectivity index (χ2n) is 7.23. The van der Waals surface area contributed by atoms with Gasteiger partial charge in [-0.1, -0.05) is 24.6 Å². The summed E-state index contributed by atoms with van der Waals surface area (Å²) in [4.78, 5) is 10.0. The van der Waals surface area contributed by atoms with Crippen molar-refractivity contribution >= 4 is 42.8 Å². The van der Waals surface area contributed by atoms with Gasteiger partial charge in [-0.2, -0.15) is 0 Å². The Morgan fingerprint density at radius 2 is 1.52 bits per heavy atom. The number of nitrogens with zero attached hydrogens (tertiary/aromatic N) is 1. The van der Waals surface area contributed by atoms with E-state index in [4.69, 9.17) is 5.73 Å². The molecule has 0 aliphatic carbocycles. The molecule has 12 heteroatoms. The summed E-state index contributed by atoms with van der Waals surface area (Å²) in [6, 6.07) is 13.7. The van der Waals surface area contributed by atoms with Gasteiger partial charge in [-0.15, -0.1) is 4.13 Å². The van der Waals surface area contributed by atoms with Crippen molar-refractivity contribution in [2.75, 3.05) is 11.1 Å². The molecule has 3 rings (SSSR count). The Morgan fingerprint density at radius 3 is 2.12 bits per heavy atom. The van der Waals surface area contributed by atoms with Gasteiger partial charge in [0, 0.05) is 17.4 Å². The van der Waals surface area contributed by atoms with Crippen LogP contribution in [0.3, 0.4) is 0 Å². The Balaban J connectivity index is 1.95. The van der Waals surface area contributed by atoms with Gasteiger partial charge in [-0.3, -0.25) is 10.1 Å². The number of hydrogen-bond donors (Lipinski definition) is 3. The number of nitrogens with one attached hydrogen (secondary N) is 2. The van der Waals surface area contributed by atoms with E-state index in [-0.39, 0.29) is 10.6 Å². The van der Waals surface area contributed by atoms with Crippen LogP contribution in [0, 0.1) is 17.0 Å². The fourth-order valence-electron chi connectivity index (χ4n) is 3.04. The van der Waals surface area contributed by atoms with Gasteiger partial charge in [0.2, 0.25) is 0 Å². The van der Waals surface area contributed by atoms with Crippen molar-refractivity contribution in [2.45, 2.75) is 30.1 Å². The van der Waals surface area contributed by atoms with Crippen LogP contribution in [-0.2, 0) is 26.5 Å².